The van der Waals surface area contributed by atoms with Gasteiger partial charge in [-0.25, -0.2) is 0 Å². The molecule has 2 aromatic carbocycles. The van der Waals surface area contributed by atoms with E-state index in [9.17, 15) is 5.11 Å². The van der Waals surface area contributed by atoms with Crippen molar-refractivity contribution in [3.63, 3.8) is 0 Å². The van der Waals surface area contributed by atoms with Gasteiger partial charge in [0.05, 0.1) is 6.10 Å². The van der Waals surface area contributed by atoms with Gasteiger partial charge in [-0.2, -0.15) is 0 Å². The van der Waals surface area contributed by atoms with Crippen molar-refractivity contribution in [3.8, 4) is 0 Å². The van der Waals surface area contributed by atoms with Crippen LogP contribution in [-0.2, 0) is 0 Å². The number of hydrogen-bond donors (Lipinski definition) is 1. The van der Waals surface area contributed by atoms with Gasteiger partial charge >= 0.3 is 0 Å². The molecule has 0 aliphatic carbocycles. The lowest BCUT2D eigenvalue weighted by Gasteiger charge is -2.15. The van der Waals surface area contributed by atoms with E-state index in [0.717, 1.165) is 14.9 Å². The fourth-order valence-electron chi connectivity index (χ4n) is 1.96. The molecular formula is C16H17BrOS. The van der Waals surface area contributed by atoms with Gasteiger partial charge in [-0.15, -0.1) is 11.8 Å². The van der Waals surface area contributed by atoms with Gasteiger partial charge in [0.15, 0.2) is 0 Å². The summed E-state index contributed by atoms with van der Waals surface area (Å²) in [6.07, 6.45) is -0.433. The molecular weight excluding hydrogens is 320 g/mol. The molecule has 3 heteroatoms. The van der Waals surface area contributed by atoms with Crippen LogP contribution in [-0.4, -0.2) is 10.9 Å². The van der Waals surface area contributed by atoms with Crippen molar-refractivity contribution in [2.75, 3.05) is 5.75 Å². The maximum atomic E-state index is 10.3. The van der Waals surface area contributed by atoms with Crippen molar-refractivity contribution < 1.29 is 5.11 Å². The van der Waals surface area contributed by atoms with E-state index in [-0.39, 0.29) is 0 Å². The number of aliphatic hydroxyl groups excluding tert-OH is 1. The number of rotatable bonds is 4. The monoisotopic (exact) mass is 336 g/mol. The molecule has 0 radical (unpaired) electrons. The van der Waals surface area contributed by atoms with Crippen LogP contribution in [0.1, 0.15) is 22.8 Å². The molecule has 1 atom stereocenters. The Hall–Kier alpha value is -0.770. The summed E-state index contributed by atoms with van der Waals surface area (Å²) >= 11 is 5.19. The highest BCUT2D eigenvalue weighted by Crippen LogP contribution is 2.31. The number of benzene rings is 2. The third-order valence-corrected chi connectivity index (χ3v) is 5.34. The minimum Gasteiger partial charge on any atom is -0.388 e. The Bertz CT molecular complexity index is 568. The van der Waals surface area contributed by atoms with Crippen molar-refractivity contribution in [1.29, 1.82) is 0 Å². The Morgan fingerprint density at radius 3 is 2.58 bits per heavy atom. The van der Waals surface area contributed by atoms with E-state index in [2.05, 4.69) is 41.9 Å². The van der Waals surface area contributed by atoms with E-state index >= 15 is 0 Å². The van der Waals surface area contributed by atoms with E-state index < -0.39 is 6.10 Å². The maximum Gasteiger partial charge on any atom is 0.0886 e. The summed E-state index contributed by atoms with van der Waals surface area (Å²) in [6, 6.07) is 14.2. The Morgan fingerprint density at radius 1 is 1.11 bits per heavy atom. The van der Waals surface area contributed by atoms with E-state index in [1.54, 1.807) is 11.8 Å². The van der Waals surface area contributed by atoms with Gasteiger partial charge in [-0.05, 0) is 58.6 Å². The minimum atomic E-state index is -0.433. The average molecular weight is 337 g/mol. The molecule has 1 nitrogen and oxygen atoms in total. The Kier molecular flexibility index (Phi) is 5.08. The van der Waals surface area contributed by atoms with Gasteiger partial charge in [0.2, 0.25) is 0 Å². The first kappa shape index (κ1) is 14.6. The fraction of sp³-hybridized carbons (Fsp3) is 0.250. The van der Waals surface area contributed by atoms with Crippen LogP contribution in [0.5, 0.6) is 0 Å². The van der Waals surface area contributed by atoms with Crippen LogP contribution in [0, 0.1) is 13.8 Å². The van der Waals surface area contributed by atoms with Crippen LogP contribution in [0.4, 0.5) is 0 Å². The zero-order valence-corrected chi connectivity index (χ0v) is 13.5. The van der Waals surface area contributed by atoms with E-state index in [1.165, 1.54) is 11.1 Å². The van der Waals surface area contributed by atoms with Gasteiger partial charge in [0.25, 0.3) is 0 Å². The number of aryl methyl sites for hydroxylation is 1. The molecule has 19 heavy (non-hydrogen) atoms. The van der Waals surface area contributed by atoms with E-state index in [4.69, 9.17) is 0 Å². The highest BCUT2D eigenvalue weighted by atomic mass is 79.9. The smallest absolute Gasteiger partial charge is 0.0886 e. The first-order chi connectivity index (χ1) is 9.09. The SMILES string of the molecule is Cc1cccc(C(O)CSc2ccccc2Br)c1C. The average Bonchev–Trinajstić information content (AvgIpc) is 2.40. The summed E-state index contributed by atoms with van der Waals surface area (Å²) in [5.41, 5.74) is 3.43. The lowest BCUT2D eigenvalue weighted by Crippen LogP contribution is -2.04. The molecule has 1 unspecified atom stereocenters. The van der Waals surface area contributed by atoms with Gasteiger partial charge < -0.3 is 5.11 Å². The van der Waals surface area contributed by atoms with Crippen LogP contribution < -0.4 is 0 Å². The zero-order chi connectivity index (χ0) is 13.8. The van der Waals surface area contributed by atoms with Crippen LogP contribution in [0.3, 0.4) is 0 Å². The predicted molar refractivity (Wildman–Crippen MR) is 85.7 cm³/mol. The summed E-state index contributed by atoms with van der Waals surface area (Å²) in [4.78, 5) is 1.16. The van der Waals surface area contributed by atoms with E-state index in [1.807, 2.05) is 30.3 Å². The second-order valence-corrected chi connectivity index (χ2v) is 6.46. The number of aliphatic hydroxyl groups is 1. The third kappa shape index (κ3) is 3.62. The number of thioether (sulfide) groups is 1. The molecule has 0 heterocycles. The second kappa shape index (κ2) is 6.60. The molecule has 0 bridgehead atoms. The Morgan fingerprint density at radius 2 is 1.84 bits per heavy atom. The standard InChI is InChI=1S/C16H17BrOS/c1-11-6-5-7-13(12(11)2)15(18)10-19-16-9-4-3-8-14(16)17/h3-9,15,18H,10H2,1-2H3. The molecule has 0 fully saturated rings. The fourth-order valence-corrected chi connectivity index (χ4v) is 3.48. The van der Waals surface area contributed by atoms with Crippen LogP contribution in [0.2, 0.25) is 0 Å². The molecule has 100 valence electrons. The quantitative estimate of drug-likeness (QED) is 0.802. The summed E-state index contributed by atoms with van der Waals surface area (Å²) in [5.74, 6) is 0.660. The number of halogens is 1. The van der Waals surface area contributed by atoms with Crippen LogP contribution in [0.25, 0.3) is 0 Å². The molecule has 0 aliphatic rings. The highest BCUT2D eigenvalue weighted by Gasteiger charge is 2.12. The third-order valence-electron chi connectivity index (χ3n) is 3.24. The second-order valence-electron chi connectivity index (χ2n) is 4.55. The lowest BCUT2D eigenvalue weighted by atomic mass is 10.0. The molecule has 1 N–H and O–H groups in total. The minimum absolute atomic E-state index is 0.433. The molecule has 2 aromatic rings. The maximum absolute atomic E-state index is 10.3. The molecule has 0 saturated heterocycles. The first-order valence-corrected chi connectivity index (χ1v) is 7.99. The molecule has 0 spiro atoms. The molecule has 0 amide bonds. The molecule has 0 saturated carbocycles. The van der Waals surface area contributed by atoms with Crippen LogP contribution in [0.15, 0.2) is 51.8 Å². The largest absolute Gasteiger partial charge is 0.388 e. The lowest BCUT2D eigenvalue weighted by molar-refractivity contribution is 0.203. The topological polar surface area (TPSA) is 20.2 Å². The highest BCUT2D eigenvalue weighted by molar-refractivity contribution is 9.10. The summed E-state index contributed by atoms with van der Waals surface area (Å²) in [7, 11) is 0. The van der Waals surface area contributed by atoms with E-state index in [0.29, 0.717) is 5.75 Å². The van der Waals surface area contributed by atoms with Gasteiger partial charge in [0.1, 0.15) is 0 Å². The van der Waals surface area contributed by atoms with Crippen LogP contribution >= 0.6 is 27.7 Å². The van der Waals surface area contributed by atoms with Crippen molar-refractivity contribution in [3.05, 3.63) is 63.6 Å². The van der Waals surface area contributed by atoms with Gasteiger partial charge in [-0.1, -0.05) is 30.3 Å². The normalized spacial score (nSPS) is 12.4. The molecule has 0 aromatic heterocycles. The predicted octanol–water partition coefficient (Wildman–Crippen LogP) is 4.89. The first-order valence-electron chi connectivity index (χ1n) is 6.21. The summed E-state index contributed by atoms with van der Waals surface area (Å²) in [5, 5.41) is 10.3. The van der Waals surface area contributed by atoms with Gasteiger partial charge in [-0.3, -0.25) is 0 Å². The summed E-state index contributed by atoms with van der Waals surface area (Å²) in [6.45, 7) is 4.14. The Balaban J connectivity index is 2.08. The molecule has 0 aliphatic heterocycles. The van der Waals surface area contributed by atoms with Crippen molar-refractivity contribution in [1.82, 2.24) is 0 Å². The summed E-state index contributed by atoms with van der Waals surface area (Å²) < 4.78 is 1.08. The zero-order valence-electron chi connectivity index (χ0n) is 11.1. The molecule has 2 rings (SSSR count). The van der Waals surface area contributed by atoms with Crippen molar-refractivity contribution in [2.24, 2.45) is 0 Å². The number of hydrogen-bond acceptors (Lipinski definition) is 2. The van der Waals surface area contributed by atoms with Gasteiger partial charge in [0, 0.05) is 15.1 Å². The van der Waals surface area contributed by atoms with Crippen molar-refractivity contribution in [2.45, 2.75) is 24.8 Å². The van der Waals surface area contributed by atoms with Crippen molar-refractivity contribution >= 4 is 27.7 Å². The Labute approximate surface area is 127 Å².